The number of carbonyl (C=O) groups excluding carboxylic acids is 1. The number of carbonyl (C=O) groups is 1. The molecule has 0 aromatic heterocycles. The fourth-order valence-electron chi connectivity index (χ4n) is 2.89. The number of hydrogen-bond acceptors (Lipinski definition) is 3. The van der Waals surface area contributed by atoms with E-state index in [9.17, 15) is 9.90 Å². The van der Waals surface area contributed by atoms with Gasteiger partial charge < -0.3 is 15.7 Å². The smallest absolute Gasteiger partial charge is 0.220 e. The minimum atomic E-state index is -0.275. The SMILES string of the molecule is CC1(C)C(O)CC1NC(=O)CCC1CCCCN1. The maximum atomic E-state index is 11.9. The van der Waals surface area contributed by atoms with Gasteiger partial charge in [0.15, 0.2) is 0 Å². The lowest BCUT2D eigenvalue weighted by Gasteiger charge is -2.49. The Labute approximate surface area is 110 Å². The Balaban J connectivity index is 1.66. The number of aliphatic hydroxyl groups excluding tert-OH is 1. The molecule has 1 aliphatic carbocycles. The predicted molar refractivity (Wildman–Crippen MR) is 71.2 cm³/mol. The molecule has 0 aromatic rings. The van der Waals surface area contributed by atoms with Crippen molar-refractivity contribution in [2.24, 2.45) is 5.41 Å². The molecule has 4 heteroatoms. The quantitative estimate of drug-likeness (QED) is 0.706. The molecule has 104 valence electrons. The molecule has 2 aliphatic rings. The second-order valence-electron chi connectivity index (χ2n) is 6.38. The lowest BCUT2D eigenvalue weighted by atomic mass is 9.64. The summed E-state index contributed by atoms with van der Waals surface area (Å²) in [6, 6.07) is 0.656. The molecule has 1 amide bonds. The highest BCUT2D eigenvalue weighted by Crippen LogP contribution is 2.40. The molecule has 1 aliphatic heterocycles. The van der Waals surface area contributed by atoms with Crippen molar-refractivity contribution in [1.29, 1.82) is 0 Å². The second-order valence-corrected chi connectivity index (χ2v) is 6.38. The molecule has 1 saturated heterocycles. The third-order valence-electron chi connectivity index (χ3n) is 4.68. The van der Waals surface area contributed by atoms with Gasteiger partial charge in [0.25, 0.3) is 0 Å². The van der Waals surface area contributed by atoms with Crippen LogP contribution in [0.3, 0.4) is 0 Å². The fraction of sp³-hybridized carbons (Fsp3) is 0.929. The average molecular weight is 254 g/mol. The first-order valence-corrected chi connectivity index (χ1v) is 7.21. The predicted octanol–water partition coefficient (Wildman–Crippen LogP) is 1.18. The van der Waals surface area contributed by atoms with Gasteiger partial charge in [-0.3, -0.25) is 4.79 Å². The van der Waals surface area contributed by atoms with Crippen molar-refractivity contribution in [2.45, 2.75) is 70.6 Å². The van der Waals surface area contributed by atoms with Gasteiger partial charge in [-0.2, -0.15) is 0 Å². The number of aliphatic hydroxyl groups is 1. The van der Waals surface area contributed by atoms with E-state index in [1.165, 1.54) is 19.3 Å². The summed E-state index contributed by atoms with van der Waals surface area (Å²) in [5.74, 6) is 0.132. The molecule has 18 heavy (non-hydrogen) atoms. The van der Waals surface area contributed by atoms with Gasteiger partial charge >= 0.3 is 0 Å². The van der Waals surface area contributed by atoms with E-state index < -0.39 is 0 Å². The van der Waals surface area contributed by atoms with E-state index >= 15 is 0 Å². The summed E-state index contributed by atoms with van der Waals surface area (Å²) in [6.45, 7) is 5.11. The Bertz CT molecular complexity index is 298. The molecule has 2 rings (SSSR count). The van der Waals surface area contributed by atoms with E-state index in [1.807, 2.05) is 13.8 Å². The maximum absolute atomic E-state index is 11.9. The summed E-state index contributed by atoms with van der Waals surface area (Å²) >= 11 is 0. The topological polar surface area (TPSA) is 61.4 Å². The van der Waals surface area contributed by atoms with E-state index in [2.05, 4.69) is 10.6 Å². The molecule has 1 saturated carbocycles. The number of rotatable bonds is 4. The summed E-state index contributed by atoms with van der Waals surface area (Å²) in [7, 11) is 0. The molecule has 3 N–H and O–H groups in total. The molecular weight excluding hydrogens is 228 g/mol. The zero-order chi connectivity index (χ0) is 13.2. The highest BCUT2D eigenvalue weighted by atomic mass is 16.3. The van der Waals surface area contributed by atoms with Crippen molar-refractivity contribution in [3.05, 3.63) is 0 Å². The third kappa shape index (κ3) is 3.04. The van der Waals surface area contributed by atoms with Crippen molar-refractivity contribution < 1.29 is 9.90 Å². The van der Waals surface area contributed by atoms with E-state index in [4.69, 9.17) is 0 Å². The van der Waals surface area contributed by atoms with Gasteiger partial charge in [0.05, 0.1) is 6.10 Å². The van der Waals surface area contributed by atoms with E-state index in [0.717, 1.165) is 13.0 Å². The van der Waals surface area contributed by atoms with Gasteiger partial charge in [-0.25, -0.2) is 0 Å². The van der Waals surface area contributed by atoms with Crippen molar-refractivity contribution >= 4 is 5.91 Å². The highest BCUT2D eigenvalue weighted by Gasteiger charge is 2.47. The van der Waals surface area contributed by atoms with Gasteiger partial charge in [-0.15, -0.1) is 0 Å². The molecule has 0 aromatic carbocycles. The zero-order valence-electron chi connectivity index (χ0n) is 11.5. The first-order valence-electron chi connectivity index (χ1n) is 7.21. The standard InChI is InChI=1S/C14H26N2O2/c1-14(2)11(9-12(14)17)16-13(18)7-6-10-5-3-4-8-15-10/h10-12,15,17H,3-9H2,1-2H3,(H,16,18). The highest BCUT2D eigenvalue weighted by molar-refractivity contribution is 5.76. The average Bonchev–Trinajstić information content (AvgIpc) is 2.37. The number of hydrogen-bond donors (Lipinski definition) is 3. The first-order chi connectivity index (χ1) is 8.50. The van der Waals surface area contributed by atoms with Crippen LogP contribution < -0.4 is 10.6 Å². The molecule has 2 fully saturated rings. The van der Waals surface area contributed by atoms with Crippen molar-refractivity contribution in [3.8, 4) is 0 Å². The van der Waals surface area contributed by atoms with Crippen LogP contribution in [-0.4, -0.2) is 35.7 Å². The van der Waals surface area contributed by atoms with Gasteiger partial charge in [0.1, 0.15) is 0 Å². The Kier molecular flexibility index (Phi) is 4.28. The molecular formula is C14H26N2O2. The Morgan fingerprint density at radius 3 is 2.78 bits per heavy atom. The Morgan fingerprint density at radius 2 is 2.22 bits per heavy atom. The van der Waals surface area contributed by atoms with Crippen LogP contribution >= 0.6 is 0 Å². The summed E-state index contributed by atoms with van der Waals surface area (Å²) in [5, 5.41) is 16.1. The Hall–Kier alpha value is -0.610. The van der Waals surface area contributed by atoms with Gasteiger partial charge in [0, 0.05) is 23.9 Å². The minimum absolute atomic E-state index is 0.132. The molecule has 3 unspecified atom stereocenters. The maximum Gasteiger partial charge on any atom is 0.220 e. The fourth-order valence-corrected chi connectivity index (χ4v) is 2.89. The van der Waals surface area contributed by atoms with Crippen molar-refractivity contribution in [2.75, 3.05) is 6.54 Å². The normalized spacial score (nSPS) is 34.7. The third-order valence-corrected chi connectivity index (χ3v) is 4.68. The van der Waals surface area contributed by atoms with Gasteiger partial charge in [-0.1, -0.05) is 20.3 Å². The number of piperidine rings is 1. The summed E-state index contributed by atoms with van der Waals surface area (Å²) in [6.07, 6.45) is 5.68. The molecule has 0 radical (unpaired) electrons. The van der Waals surface area contributed by atoms with Crippen LogP contribution in [0.2, 0.25) is 0 Å². The largest absolute Gasteiger partial charge is 0.392 e. The minimum Gasteiger partial charge on any atom is -0.392 e. The second kappa shape index (κ2) is 5.57. The van der Waals surface area contributed by atoms with Crippen LogP contribution in [-0.2, 0) is 4.79 Å². The lowest BCUT2D eigenvalue weighted by Crippen LogP contribution is -2.61. The van der Waals surface area contributed by atoms with Crippen LogP contribution in [0, 0.1) is 5.41 Å². The van der Waals surface area contributed by atoms with Crippen LogP contribution in [0.4, 0.5) is 0 Å². The molecule has 4 nitrogen and oxygen atoms in total. The Morgan fingerprint density at radius 1 is 1.44 bits per heavy atom. The van der Waals surface area contributed by atoms with Gasteiger partial charge in [0.2, 0.25) is 5.91 Å². The molecule has 3 atom stereocenters. The summed E-state index contributed by atoms with van der Waals surface area (Å²) in [5.41, 5.74) is -0.168. The first kappa shape index (κ1) is 13.8. The lowest BCUT2D eigenvalue weighted by molar-refractivity contribution is -0.129. The van der Waals surface area contributed by atoms with Crippen molar-refractivity contribution in [3.63, 3.8) is 0 Å². The molecule has 0 bridgehead atoms. The number of nitrogens with one attached hydrogen (secondary N) is 2. The van der Waals surface area contributed by atoms with Crippen molar-refractivity contribution in [1.82, 2.24) is 10.6 Å². The van der Waals surface area contributed by atoms with E-state index in [-0.39, 0.29) is 23.5 Å². The number of amides is 1. The molecule has 0 spiro atoms. The summed E-state index contributed by atoms with van der Waals surface area (Å²) < 4.78 is 0. The summed E-state index contributed by atoms with van der Waals surface area (Å²) in [4.78, 5) is 11.9. The van der Waals surface area contributed by atoms with E-state index in [1.54, 1.807) is 0 Å². The molecule has 1 heterocycles. The monoisotopic (exact) mass is 254 g/mol. The van der Waals surface area contributed by atoms with Crippen LogP contribution in [0.25, 0.3) is 0 Å². The van der Waals surface area contributed by atoms with Crippen LogP contribution in [0.5, 0.6) is 0 Å². The van der Waals surface area contributed by atoms with Crippen LogP contribution in [0.15, 0.2) is 0 Å². The zero-order valence-corrected chi connectivity index (χ0v) is 11.5. The van der Waals surface area contributed by atoms with E-state index in [0.29, 0.717) is 18.9 Å². The van der Waals surface area contributed by atoms with Crippen LogP contribution in [0.1, 0.15) is 52.4 Å². The van der Waals surface area contributed by atoms with Gasteiger partial charge in [-0.05, 0) is 32.2 Å².